The molecule has 1 N–H and O–H groups in total. The monoisotopic (exact) mass is 208 g/mol. The number of rotatable bonds is 3. The Kier molecular flexibility index (Phi) is 2.69. The van der Waals surface area contributed by atoms with Crippen molar-refractivity contribution in [1.29, 1.82) is 0 Å². The number of aromatic hydroxyl groups is 1. The van der Waals surface area contributed by atoms with E-state index in [4.69, 9.17) is 5.11 Å². The van der Waals surface area contributed by atoms with Gasteiger partial charge in [0.15, 0.2) is 5.82 Å². The van der Waals surface area contributed by atoms with E-state index in [2.05, 4.69) is 14.7 Å². The number of hydrogen-bond donors (Lipinski definition) is 1. The molecule has 1 heterocycles. The van der Waals surface area contributed by atoms with Crippen molar-refractivity contribution >= 4 is 11.8 Å². The van der Waals surface area contributed by atoms with Gasteiger partial charge in [0.1, 0.15) is 5.75 Å². The summed E-state index contributed by atoms with van der Waals surface area (Å²) < 4.78 is 4.61. The normalized spacial score (nSPS) is 10.3. The molecule has 0 aliphatic heterocycles. The molecule has 2 aromatic rings. The van der Waals surface area contributed by atoms with Gasteiger partial charge in [-0.1, -0.05) is 5.16 Å². The quantitative estimate of drug-likeness (QED) is 0.782. The number of phenols is 1. The fraction of sp³-hybridized carbons (Fsp3) is 0.111. The molecule has 0 radical (unpaired) electrons. The Morgan fingerprint density at radius 3 is 2.71 bits per heavy atom. The molecule has 0 aliphatic carbocycles. The predicted octanol–water partition coefficient (Wildman–Crippen LogP) is 2.07. The van der Waals surface area contributed by atoms with Crippen LogP contribution in [-0.2, 0) is 5.75 Å². The summed E-state index contributed by atoms with van der Waals surface area (Å²) in [5, 5.41) is 12.8. The van der Waals surface area contributed by atoms with Crippen molar-refractivity contribution in [3.8, 4) is 5.75 Å². The maximum absolute atomic E-state index is 9.06. The Bertz CT molecular complexity index is 386. The molecule has 72 valence electrons. The van der Waals surface area contributed by atoms with Crippen LogP contribution >= 0.6 is 11.8 Å². The summed E-state index contributed by atoms with van der Waals surface area (Å²) >= 11 is 1.59. The summed E-state index contributed by atoms with van der Waals surface area (Å²) in [5.74, 6) is 1.61. The minimum atomic E-state index is 0.272. The van der Waals surface area contributed by atoms with Gasteiger partial charge in [0.2, 0.25) is 6.39 Å². The molecule has 2 rings (SSSR count). The Morgan fingerprint density at radius 2 is 2.07 bits per heavy atom. The van der Waals surface area contributed by atoms with Crippen molar-refractivity contribution in [2.75, 3.05) is 0 Å². The second-order valence-electron chi connectivity index (χ2n) is 2.63. The van der Waals surface area contributed by atoms with Crippen LogP contribution in [0.1, 0.15) is 5.82 Å². The van der Waals surface area contributed by atoms with E-state index in [-0.39, 0.29) is 5.75 Å². The fourth-order valence-corrected chi connectivity index (χ4v) is 1.70. The molecular formula is C9H8N2O2S. The molecule has 0 saturated heterocycles. The van der Waals surface area contributed by atoms with Crippen LogP contribution in [0.2, 0.25) is 0 Å². The molecule has 0 aliphatic rings. The zero-order valence-electron chi connectivity index (χ0n) is 7.25. The second-order valence-corrected chi connectivity index (χ2v) is 3.68. The summed E-state index contributed by atoms with van der Waals surface area (Å²) in [5.41, 5.74) is 0. The first-order chi connectivity index (χ1) is 6.84. The highest BCUT2D eigenvalue weighted by Crippen LogP contribution is 2.22. The lowest BCUT2D eigenvalue weighted by Gasteiger charge is -1.97. The molecule has 5 heteroatoms. The SMILES string of the molecule is Oc1ccc(SCc2ncon2)cc1. The maximum Gasteiger partial charge on any atom is 0.213 e. The third-order valence-corrected chi connectivity index (χ3v) is 2.62. The molecule has 0 bridgehead atoms. The number of benzene rings is 1. The highest BCUT2D eigenvalue weighted by molar-refractivity contribution is 7.98. The van der Waals surface area contributed by atoms with E-state index in [1.54, 1.807) is 23.9 Å². The van der Waals surface area contributed by atoms with E-state index >= 15 is 0 Å². The molecule has 0 spiro atoms. The Labute approximate surface area is 85.0 Å². The Morgan fingerprint density at radius 1 is 1.29 bits per heavy atom. The van der Waals surface area contributed by atoms with Gasteiger partial charge in [0, 0.05) is 4.90 Å². The first kappa shape index (κ1) is 9.08. The van der Waals surface area contributed by atoms with Gasteiger partial charge in [-0.15, -0.1) is 11.8 Å². The highest BCUT2D eigenvalue weighted by atomic mass is 32.2. The van der Waals surface area contributed by atoms with Crippen molar-refractivity contribution < 1.29 is 9.63 Å². The molecule has 0 fully saturated rings. The maximum atomic E-state index is 9.06. The zero-order chi connectivity index (χ0) is 9.80. The molecule has 4 nitrogen and oxygen atoms in total. The fourth-order valence-electron chi connectivity index (χ4n) is 0.946. The first-order valence-electron chi connectivity index (χ1n) is 4.02. The predicted molar refractivity (Wildman–Crippen MR) is 52.0 cm³/mol. The van der Waals surface area contributed by atoms with E-state index in [1.165, 1.54) is 6.39 Å². The van der Waals surface area contributed by atoms with Gasteiger partial charge in [0.25, 0.3) is 0 Å². The minimum Gasteiger partial charge on any atom is -0.508 e. The van der Waals surface area contributed by atoms with Crippen molar-refractivity contribution in [3.63, 3.8) is 0 Å². The molecule has 1 aromatic heterocycles. The van der Waals surface area contributed by atoms with Gasteiger partial charge in [-0.05, 0) is 24.3 Å². The topological polar surface area (TPSA) is 59.2 Å². The first-order valence-corrected chi connectivity index (χ1v) is 5.00. The molecule has 14 heavy (non-hydrogen) atoms. The molecule has 0 saturated carbocycles. The van der Waals surface area contributed by atoms with Gasteiger partial charge < -0.3 is 9.63 Å². The van der Waals surface area contributed by atoms with Crippen molar-refractivity contribution in [2.24, 2.45) is 0 Å². The van der Waals surface area contributed by atoms with Gasteiger partial charge in [0.05, 0.1) is 5.75 Å². The van der Waals surface area contributed by atoms with E-state index in [0.29, 0.717) is 11.6 Å². The highest BCUT2D eigenvalue weighted by Gasteiger charge is 1.99. The average Bonchev–Trinajstić information content (AvgIpc) is 2.70. The lowest BCUT2D eigenvalue weighted by atomic mass is 10.3. The summed E-state index contributed by atoms with van der Waals surface area (Å²) in [4.78, 5) is 4.96. The van der Waals surface area contributed by atoms with Gasteiger partial charge in [-0.2, -0.15) is 4.98 Å². The van der Waals surface area contributed by atoms with E-state index in [0.717, 1.165) is 4.90 Å². The molecule has 0 atom stereocenters. The van der Waals surface area contributed by atoms with Crippen LogP contribution in [0.15, 0.2) is 40.1 Å². The van der Waals surface area contributed by atoms with Crippen LogP contribution in [-0.4, -0.2) is 15.2 Å². The van der Waals surface area contributed by atoms with Gasteiger partial charge >= 0.3 is 0 Å². The third-order valence-electron chi connectivity index (χ3n) is 1.61. The third kappa shape index (κ3) is 2.26. The van der Waals surface area contributed by atoms with Crippen LogP contribution < -0.4 is 0 Å². The summed E-state index contributed by atoms with van der Waals surface area (Å²) in [6, 6.07) is 7.00. The van der Waals surface area contributed by atoms with Crippen LogP contribution in [0, 0.1) is 0 Å². The number of phenolic OH excluding ortho intramolecular Hbond substituents is 1. The number of nitrogens with zero attached hydrogens (tertiary/aromatic N) is 2. The minimum absolute atomic E-state index is 0.272. The van der Waals surface area contributed by atoms with Crippen molar-refractivity contribution in [2.45, 2.75) is 10.6 Å². The van der Waals surface area contributed by atoms with Crippen LogP contribution in [0.5, 0.6) is 5.75 Å². The van der Waals surface area contributed by atoms with Crippen molar-refractivity contribution in [1.82, 2.24) is 10.1 Å². The largest absolute Gasteiger partial charge is 0.508 e. The average molecular weight is 208 g/mol. The number of hydrogen-bond acceptors (Lipinski definition) is 5. The van der Waals surface area contributed by atoms with Crippen molar-refractivity contribution in [3.05, 3.63) is 36.5 Å². The summed E-state index contributed by atoms with van der Waals surface area (Å²) in [7, 11) is 0. The Balaban J connectivity index is 1.95. The molecule has 0 amide bonds. The van der Waals surface area contributed by atoms with E-state index in [9.17, 15) is 0 Å². The molecular weight excluding hydrogens is 200 g/mol. The summed E-state index contributed by atoms with van der Waals surface area (Å²) in [6.45, 7) is 0. The second kappa shape index (κ2) is 4.15. The van der Waals surface area contributed by atoms with E-state index < -0.39 is 0 Å². The van der Waals surface area contributed by atoms with E-state index in [1.807, 2.05) is 12.1 Å². The zero-order valence-corrected chi connectivity index (χ0v) is 8.07. The lowest BCUT2D eigenvalue weighted by Crippen LogP contribution is -1.82. The standard InChI is InChI=1S/C9H8N2O2S/c12-7-1-3-8(4-2-7)14-5-9-10-6-13-11-9/h1-4,6,12H,5H2. The number of thioether (sulfide) groups is 1. The lowest BCUT2D eigenvalue weighted by molar-refractivity contribution is 0.412. The summed E-state index contributed by atoms with van der Waals surface area (Å²) in [6.07, 6.45) is 1.31. The van der Waals surface area contributed by atoms with Crippen LogP contribution in [0.25, 0.3) is 0 Å². The van der Waals surface area contributed by atoms with Crippen LogP contribution in [0.3, 0.4) is 0 Å². The number of aromatic nitrogens is 2. The molecule has 1 aromatic carbocycles. The smallest absolute Gasteiger partial charge is 0.213 e. The molecule has 0 unspecified atom stereocenters. The Hall–Kier alpha value is -1.49. The van der Waals surface area contributed by atoms with Gasteiger partial charge in [-0.25, -0.2) is 0 Å². The van der Waals surface area contributed by atoms with Gasteiger partial charge in [-0.3, -0.25) is 0 Å². The van der Waals surface area contributed by atoms with Crippen LogP contribution in [0.4, 0.5) is 0 Å².